The number of hydrogen-bond donors (Lipinski definition) is 3. The molecule has 0 aromatic heterocycles. The lowest BCUT2D eigenvalue weighted by molar-refractivity contribution is -0.242. The van der Waals surface area contributed by atoms with E-state index in [1.165, 1.54) is 23.6 Å². The smallest absolute Gasteiger partial charge is 0.308 e. The fourth-order valence-electron chi connectivity index (χ4n) is 6.16. The SMILES string of the molecule is CC(=O)Oc1c(O[C@H]2OC[C@H](O)[C@@H](O)[C@@H]2O)c(C)c2c3c1[C@@H](C)CCC3[C@@H](C)C[C@@H]2C=C(C)C. The van der Waals surface area contributed by atoms with Crippen LogP contribution >= 0.6 is 0 Å². The van der Waals surface area contributed by atoms with Crippen molar-refractivity contribution in [3.63, 3.8) is 0 Å². The first-order chi connectivity index (χ1) is 16.0. The molecule has 0 spiro atoms. The molecule has 1 heterocycles. The quantitative estimate of drug-likeness (QED) is 0.346. The second kappa shape index (κ2) is 9.61. The van der Waals surface area contributed by atoms with E-state index in [4.69, 9.17) is 14.2 Å². The van der Waals surface area contributed by atoms with Gasteiger partial charge < -0.3 is 29.5 Å². The van der Waals surface area contributed by atoms with E-state index >= 15 is 0 Å². The summed E-state index contributed by atoms with van der Waals surface area (Å²) in [6.07, 6.45) is 0.173. The molecular formula is C27H38O7. The molecule has 3 aliphatic rings. The van der Waals surface area contributed by atoms with E-state index in [2.05, 4.69) is 33.8 Å². The van der Waals surface area contributed by atoms with Crippen LogP contribution < -0.4 is 9.47 Å². The van der Waals surface area contributed by atoms with E-state index in [0.29, 0.717) is 23.3 Å². The Morgan fingerprint density at radius 3 is 2.35 bits per heavy atom. The lowest BCUT2D eigenvalue weighted by Crippen LogP contribution is -2.54. The first kappa shape index (κ1) is 25.2. The monoisotopic (exact) mass is 474 g/mol. The van der Waals surface area contributed by atoms with Crippen LogP contribution in [-0.2, 0) is 9.53 Å². The summed E-state index contributed by atoms with van der Waals surface area (Å²) in [5.74, 6) is 1.57. The number of aliphatic hydroxyl groups excluding tert-OH is 3. The molecule has 1 aromatic carbocycles. The molecular weight excluding hydrogens is 436 g/mol. The van der Waals surface area contributed by atoms with Crippen molar-refractivity contribution in [1.29, 1.82) is 0 Å². The highest BCUT2D eigenvalue weighted by Gasteiger charge is 2.44. The van der Waals surface area contributed by atoms with Gasteiger partial charge in [-0.05, 0) is 74.5 Å². The van der Waals surface area contributed by atoms with Crippen LogP contribution in [0.1, 0.15) is 93.9 Å². The predicted molar refractivity (Wildman–Crippen MR) is 127 cm³/mol. The van der Waals surface area contributed by atoms with Gasteiger partial charge in [-0.2, -0.15) is 0 Å². The van der Waals surface area contributed by atoms with Crippen molar-refractivity contribution in [2.45, 2.75) is 103 Å². The molecule has 1 aliphatic heterocycles. The molecule has 188 valence electrons. The summed E-state index contributed by atoms with van der Waals surface area (Å²) in [5.41, 5.74) is 5.60. The van der Waals surface area contributed by atoms with Crippen molar-refractivity contribution in [3.8, 4) is 11.5 Å². The summed E-state index contributed by atoms with van der Waals surface area (Å²) in [6, 6.07) is 0. The summed E-state index contributed by atoms with van der Waals surface area (Å²) >= 11 is 0. The molecule has 4 rings (SSSR count). The lowest BCUT2D eigenvalue weighted by Gasteiger charge is -2.44. The van der Waals surface area contributed by atoms with Gasteiger partial charge in [0.25, 0.3) is 0 Å². The molecule has 1 aromatic rings. The third-order valence-electron chi connectivity index (χ3n) is 7.70. The Hall–Kier alpha value is -1.93. The number of ether oxygens (including phenoxy) is 3. The number of carbonyl (C=O) groups is 1. The highest BCUT2D eigenvalue weighted by Crippen LogP contribution is 2.58. The number of allylic oxidation sites excluding steroid dienone is 2. The van der Waals surface area contributed by atoms with Gasteiger partial charge >= 0.3 is 5.97 Å². The molecule has 1 unspecified atom stereocenters. The van der Waals surface area contributed by atoms with Gasteiger partial charge in [-0.3, -0.25) is 4.79 Å². The van der Waals surface area contributed by atoms with Crippen LogP contribution in [0.25, 0.3) is 0 Å². The second-order valence-corrected chi connectivity index (χ2v) is 10.6. The molecule has 0 amide bonds. The van der Waals surface area contributed by atoms with Crippen molar-refractivity contribution in [2.75, 3.05) is 6.61 Å². The minimum Gasteiger partial charge on any atom is -0.458 e. The average molecular weight is 475 g/mol. The first-order valence-electron chi connectivity index (χ1n) is 12.4. The van der Waals surface area contributed by atoms with Crippen molar-refractivity contribution >= 4 is 5.97 Å². The zero-order valence-electron chi connectivity index (χ0n) is 21.0. The zero-order valence-corrected chi connectivity index (χ0v) is 21.0. The molecule has 1 saturated heterocycles. The molecule has 0 radical (unpaired) electrons. The molecule has 34 heavy (non-hydrogen) atoms. The average Bonchev–Trinajstić information content (AvgIpc) is 2.74. The van der Waals surface area contributed by atoms with E-state index in [1.807, 2.05) is 6.92 Å². The van der Waals surface area contributed by atoms with Crippen LogP contribution in [0.4, 0.5) is 0 Å². The van der Waals surface area contributed by atoms with Crippen LogP contribution in [-0.4, -0.2) is 52.5 Å². The van der Waals surface area contributed by atoms with Gasteiger partial charge in [0.05, 0.1) is 6.61 Å². The number of aliphatic hydroxyl groups is 3. The second-order valence-electron chi connectivity index (χ2n) is 10.6. The Kier molecular flexibility index (Phi) is 7.11. The van der Waals surface area contributed by atoms with E-state index in [0.717, 1.165) is 30.4 Å². The van der Waals surface area contributed by atoms with E-state index in [1.54, 1.807) is 0 Å². The molecule has 0 saturated carbocycles. The van der Waals surface area contributed by atoms with E-state index in [-0.39, 0.29) is 18.4 Å². The molecule has 2 aliphatic carbocycles. The highest BCUT2D eigenvalue weighted by molar-refractivity contribution is 5.74. The fraction of sp³-hybridized carbons (Fsp3) is 0.667. The standard InChI is InChI=1S/C27H38O7/c1-12(2)9-17-10-14(4)18-8-7-13(3)20-22(18)21(17)15(5)25(26(20)33-16(6)28)34-27-24(31)23(30)19(29)11-32-27/h9,13-14,17-19,23-24,27,29-31H,7-8,10-11H2,1-6H3/t13-,14-,17-,18?,19-,23+,24-,27+/m0/s1. The van der Waals surface area contributed by atoms with Crippen LogP contribution in [0.5, 0.6) is 11.5 Å². The summed E-state index contributed by atoms with van der Waals surface area (Å²) in [6.45, 7) is 11.8. The Balaban J connectivity index is 1.93. The molecule has 1 fully saturated rings. The highest BCUT2D eigenvalue weighted by atomic mass is 16.7. The number of carbonyl (C=O) groups excluding carboxylic acids is 1. The minimum absolute atomic E-state index is 0.168. The summed E-state index contributed by atoms with van der Waals surface area (Å²) in [4.78, 5) is 12.2. The third-order valence-corrected chi connectivity index (χ3v) is 7.70. The Morgan fingerprint density at radius 1 is 1.00 bits per heavy atom. The summed E-state index contributed by atoms with van der Waals surface area (Å²) in [5, 5.41) is 30.6. The van der Waals surface area contributed by atoms with Crippen LogP contribution in [0, 0.1) is 12.8 Å². The minimum atomic E-state index is -1.44. The van der Waals surface area contributed by atoms with Crippen molar-refractivity contribution < 1.29 is 34.3 Å². The van der Waals surface area contributed by atoms with Gasteiger partial charge in [-0.25, -0.2) is 0 Å². The Morgan fingerprint density at radius 2 is 1.71 bits per heavy atom. The van der Waals surface area contributed by atoms with Crippen molar-refractivity contribution in [1.82, 2.24) is 0 Å². The van der Waals surface area contributed by atoms with Crippen molar-refractivity contribution in [3.05, 3.63) is 33.9 Å². The maximum atomic E-state index is 12.2. The predicted octanol–water partition coefficient (Wildman–Crippen LogP) is 3.81. The van der Waals surface area contributed by atoms with Gasteiger partial charge in [0.1, 0.15) is 18.3 Å². The fourth-order valence-corrected chi connectivity index (χ4v) is 6.16. The van der Waals surface area contributed by atoms with Gasteiger partial charge in [-0.1, -0.05) is 25.5 Å². The normalized spacial score (nSPS) is 34.7. The number of rotatable bonds is 4. The van der Waals surface area contributed by atoms with Gasteiger partial charge in [-0.15, -0.1) is 0 Å². The maximum Gasteiger partial charge on any atom is 0.308 e. The van der Waals surface area contributed by atoms with Gasteiger partial charge in [0.15, 0.2) is 11.5 Å². The number of esters is 1. The topological polar surface area (TPSA) is 105 Å². The summed E-state index contributed by atoms with van der Waals surface area (Å²) < 4.78 is 17.6. The maximum absolute atomic E-state index is 12.2. The Bertz CT molecular complexity index is 980. The van der Waals surface area contributed by atoms with Crippen LogP contribution in [0.15, 0.2) is 11.6 Å². The van der Waals surface area contributed by atoms with Gasteiger partial charge in [0.2, 0.25) is 6.29 Å². The van der Waals surface area contributed by atoms with Crippen molar-refractivity contribution in [2.24, 2.45) is 5.92 Å². The van der Waals surface area contributed by atoms with Crippen LogP contribution in [0.2, 0.25) is 0 Å². The molecule has 7 heteroatoms. The first-order valence-corrected chi connectivity index (χ1v) is 12.4. The molecule has 7 nitrogen and oxygen atoms in total. The number of benzene rings is 1. The zero-order chi connectivity index (χ0) is 24.9. The molecule has 8 atom stereocenters. The third kappa shape index (κ3) is 4.39. The van der Waals surface area contributed by atoms with E-state index in [9.17, 15) is 20.1 Å². The van der Waals surface area contributed by atoms with Gasteiger partial charge in [0, 0.05) is 18.4 Å². The number of hydrogen-bond acceptors (Lipinski definition) is 7. The van der Waals surface area contributed by atoms with Crippen LogP contribution in [0.3, 0.4) is 0 Å². The lowest BCUT2D eigenvalue weighted by atomic mass is 9.62. The summed E-state index contributed by atoms with van der Waals surface area (Å²) in [7, 11) is 0. The van der Waals surface area contributed by atoms with E-state index < -0.39 is 30.6 Å². The molecule has 3 N–H and O–H groups in total. The molecule has 0 bridgehead atoms. The Labute approximate surface area is 201 Å². The largest absolute Gasteiger partial charge is 0.458 e.